The first-order valence-electron chi connectivity index (χ1n) is 9.02. The van der Waals surface area contributed by atoms with Crippen molar-refractivity contribution in [2.75, 3.05) is 33.3 Å². The molecular weight excluding hydrogens is 350 g/mol. The first-order valence-corrected chi connectivity index (χ1v) is 9.02. The Balaban J connectivity index is 1.88. The SMILES string of the molecule is COc1ccc(C(=O)N2CCN(C(=O)NC(CC(=O)O)C(C)C)CC2)cc1. The van der Waals surface area contributed by atoms with E-state index in [2.05, 4.69) is 5.32 Å². The standard InChI is InChI=1S/C19H27N3O5/c1-13(2)16(12-17(23)24)20-19(26)22-10-8-21(9-11-22)18(25)14-4-6-15(27-3)7-5-14/h4-7,13,16H,8-12H2,1-3H3,(H,20,26)(H,23,24). The highest BCUT2D eigenvalue weighted by Crippen LogP contribution is 2.15. The smallest absolute Gasteiger partial charge is 0.317 e. The fourth-order valence-corrected chi connectivity index (χ4v) is 2.92. The number of carboxylic acid groups (broad SMARTS) is 1. The van der Waals surface area contributed by atoms with Crippen molar-refractivity contribution in [3.63, 3.8) is 0 Å². The maximum absolute atomic E-state index is 12.6. The van der Waals surface area contributed by atoms with Gasteiger partial charge in [-0.2, -0.15) is 0 Å². The molecule has 0 bridgehead atoms. The summed E-state index contributed by atoms with van der Waals surface area (Å²) in [6.07, 6.45) is -0.112. The van der Waals surface area contributed by atoms with Gasteiger partial charge in [0, 0.05) is 37.8 Å². The molecule has 2 rings (SSSR count). The molecule has 0 aliphatic carbocycles. The van der Waals surface area contributed by atoms with Crippen LogP contribution >= 0.6 is 0 Å². The lowest BCUT2D eigenvalue weighted by atomic mass is 10.0. The topological polar surface area (TPSA) is 99.2 Å². The van der Waals surface area contributed by atoms with Crippen molar-refractivity contribution in [2.45, 2.75) is 26.3 Å². The van der Waals surface area contributed by atoms with Crippen LogP contribution < -0.4 is 10.1 Å². The van der Waals surface area contributed by atoms with Crippen LogP contribution in [0.3, 0.4) is 0 Å². The van der Waals surface area contributed by atoms with E-state index in [0.717, 1.165) is 0 Å². The molecule has 1 saturated heterocycles. The summed E-state index contributed by atoms with van der Waals surface area (Å²) in [5.41, 5.74) is 0.579. The second kappa shape index (κ2) is 9.25. The molecule has 27 heavy (non-hydrogen) atoms. The van der Waals surface area contributed by atoms with Crippen molar-refractivity contribution in [3.05, 3.63) is 29.8 Å². The molecule has 1 aliphatic heterocycles. The Morgan fingerprint density at radius 1 is 1.07 bits per heavy atom. The van der Waals surface area contributed by atoms with Crippen LogP contribution in [0.5, 0.6) is 5.75 Å². The fraction of sp³-hybridized carbons (Fsp3) is 0.526. The van der Waals surface area contributed by atoms with Crippen LogP contribution in [0.1, 0.15) is 30.6 Å². The van der Waals surface area contributed by atoms with Crippen molar-refractivity contribution in [1.29, 1.82) is 0 Å². The summed E-state index contributed by atoms with van der Waals surface area (Å²) in [6, 6.07) is 6.22. The van der Waals surface area contributed by atoms with Gasteiger partial charge in [-0.1, -0.05) is 13.8 Å². The van der Waals surface area contributed by atoms with Crippen LogP contribution in [0.2, 0.25) is 0 Å². The van der Waals surface area contributed by atoms with Crippen LogP contribution in [0.4, 0.5) is 4.79 Å². The Morgan fingerprint density at radius 2 is 1.63 bits per heavy atom. The Morgan fingerprint density at radius 3 is 2.11 bits per heavy atom. The molecule has 3 amide bonds. The lowest BCUT2D eigenvalue weighted by molar-refractivity contribution is -0.137. The summed E-state index contributed by atoms with van der Waals surface area (Å²) in [4.78, 5) is 39.3. The van der Waals surface area contributed by atoms with E-state index < -0.39 is 12.0 Å². The zero-order valence-electron chi connectivity index (χ0n) is 16.0. The largest absolute Gasteiger partial charge is 0.497 e. The van der Waals surface area contributed by atoms with Gasteiger partial charge in [-0.05, 0) is 30.2 Å². The number of nitrogens with zero attached hydrogens (tertiary/aromatic N) is 2. The van der Waals surface area contributed by atoms with Gasteiger partial charge in [0.1, 0.15) is 5.75 Å². The average Bonchev–Trinajstić information content (AvgIpc) is 2.66. The van der Waals surface area contributed by atoms with Crippen LogP contribution in [0.25, 0.3) is 0 Å². The van der Waals surface area contributed by atoms with E-state index in [0.29, 0.717) is 37.5 Å². The molecule has 8 heteroatoms. The Bertz CT molecular complexity index is 666. The number of aliphatic carboxylic acids is 1. The number of carboxylic acids is 1. The van der Waals surface area contributed by atoms with Gasteiger partial charge in [-0.25, -0.2) is 4.79 Å². The van der Waals surface area contributed by atoms with E-state index in [1.807, 2.05) is 13.8 Å². The average molecular weight is 377 g/mol. The third-order valence-corrected chi connectivity index (χ3v) is 4.70. The number of carbonyl (C=O) groups is 3. The summed E-state index contributed by atoms with van der Waals surface area (Å²) in [5.74, 6) is -0.315. The van der Waals surface area contributed by atoms with Crippen LogP contribution in [0, 0.1) is 5.92 Å². The van der Waals surface area contributed by atoms with Gasteiger partial charge in [0.25, 0.3) is 5.91 Å². The highest BCUT2D eigenvalue weighted by Gasteiger charge is 2.27. The molecule has 0 spiro atoms. The van der Waals surface area contributed by atoms with Crippen molar-refractivity contribution in [2.24, 2.45) is 5.92 Å². The van der Waals surface area contributed by atoms with Gasteiger partial charge >= 0.3 is 12.0 Å². The number of rotatable bonds is 6. The molecule has 148 valence electrons. The Hall–Kier alpha value is -2.77. The minimum Gasteiger partial charge on any atom is -0.497 e. The quantitative estimate of drug-likeness (QED) is 0.786. The number of nitrogens with one attached hydrogen (secondary N) is 1. The fourth-order valence-electron chi connectivity index (χ4n) is 2.92. The van der Waals surface area contributed by atoms with Crippen molar-refractivity contribution in [3.8, 4) is 5.75 Å². The highest BCUT2D eigenvalue weighted by atomic mass is 16.5. The predicted octanol–water partition coefficient (Wildman–Crippen LogP) is 1.66. The molecular formula is C19H27N3O5. The molecule has 1 heterocycles. The number of urea groups is 1. The number of hydrogen-bond donors (Lipinski definition) is 2. The van der Waals surface area contributed by atoms with Crippen LogP contribution in [-0.2, 0) is 4.79 Å². The lowest BCUT2D eigenvalue weighted by Crippen LogP contribution is -2.55. The van der Waals surface area contributed by atoms with Crippen molar-refractivity contribution < 1.29 is 24.2 Å². The Kier molecular flexibility index (Phi) is 7.04. The van der Waals surface area contributed by atoms with Gasteiger partial charge < -0.3 is 25.0 Å². The summed E-state index contributed by atoms with van der Waals surface area (Å²) >= 11 is 0. The Labute approximate surface area is 159 Å². The maximum Gasteiger partial charge on any atom is 0.317 e. The third-order valence-electron chi connectivity index (χ3n) is 4.70. The second-order valence-corrected chi connectivity index (χ2v) is 6.91. The molecule has 1 aliphatic rings. The molecule has 0 aromatic heterocycles. The summed E-state index contributed by atoms with van der Waals surface area (Å²) < 4.78 is 5.09. The molecule has 0 saturated carbocycles. The minimum absolute atomic E-state index is 0.0167. The van der Waals surface area contributed by atoms with Gasteiger partial charge in [-0.3, -0.25) is 9.59 Å². The van der Waals surface area contributed by atoms with Gasteiger partial charge in [0.15, 0.2) is 0 Å². The number of benzene rings is 1. The minimum atomic E-state index is -0.941. The van der Waals surface area contributed by atoms with E-state index >= 15 is 0 Å². The third kappa shape index (κ3) is 5.60. The lowest BCUT2D eigenvalue weighted by Gasteiger charge is -2.36. The molecule has 1 unspecified atom stereocenters. The van der Waals surface area contributed by atoms with E-state index in [4.69, 9.17) is 9.84 Å². The first kappa shape index (κ1) is 20.5. The second-order valence-electron chi connectivity index (χ2n) is 6.91. The predicted molar refractivity (Wildman–Crippen MR) is 99.9 cm³/mol. The molecule has 1 atom stereocenters. The maximum atomic E-state index is 12.6. The van der Waals surface area contributed by atoms with Gasteiger partial charge in [0.2, 0.25) is 0 Å². The van der Waals surface area contributed by atoms with Crippen molar-refractivity contribution >= 4 is 17.9 Å². The van der Waals surface area contributed by atoms with E-state index in [1.54, 1.807) is 41.2 Å². The number of carbonyl (C=O) groups excluding carboxylic acids is 2. The van der Waals surface area contributed by atoms with Crippen LogP contribution in [0.15, 0.2) is 24.3 Å². The number of ether oxygens (including phenoxy) is 1. The number of amides is 3. The van der Waals surface area contributed by atoms with Crippen molar-refractivity contribution in [1.82, 2.24) is 15.1 Å². The first-order chi connectivity index (χ1) is 12.8. The molecule has 1 aromatic rings. The highest BCUT2D eigenvalue weighted by molar-refractivity contribution is 5.94. The normalized spacial score (nSPS) is 15.4. The molecule has 1 aromatic carbocycles. The molecule has 2 N–H and O–H groups in total. The number of piperazine rings is 1. The summed E-state index contributed by atoms with van der Waals surface area (Å²) in [7, 11) is 1.57. The molecule has 1 fully saturated rings. The van der Waals surface area contributed by atoms with Crippen LogP contribution in [-0.4, -0.2) is 72.1 Å². The van der Waals surface area contributed by atoms with Gasteiger partial charge in [-0.15, -0.1) is 0 Å². The van der Waals surface area contributed by atoms with E-state index in [9.17, 15) is 14.4 Å². The van der Waals surface area contributed by atoms with E-state index in [-0.39, 0.29) is 24.3 Å². The monoisotopic (exact) mass is 377 g/mol. The number of methoxy groups -OCH3 is 1. The summed E-state index contributed by atoms with van der Waals surface area (Å²) in [6.45, 7) is 5.43. The summed E-state index contributed by atoms with van der Waals surface area (Å²) in [5, 5.41) is 11.8. The molecule has 0 radical (unpaired) electrons. The zero-order valence-corrected chi connectivity index (χ0v) is 16.0. The molecule has 8 nitrogen and oxygen atoms in total. The van der Waals surface area contributed by atoms with Gasteiger partial charge in [0.05, 0.1) is 13.5 Å². The van der Waals surface area contributed by atoms with E-state index in [1.165, 1.54) is 0 Å². The number of hydrogen-bond acceptors (Lipinski definition) is 4. The zero-order chi connectivity index (χ0) is 20.0.